The zero-order valence-corrected chi connectivity index (χ0v) is 37.8. The molecule has 9 rings (SSSR count). The Morgan fingerprint density at radius 3 is 1.94 bits per heavy atom. The first-order valence-corrected chi connectivity index (χ1v) is 21.0. The van der Waals surface area contributed by atoms with E-state index in [4.69, 9.17) is 71.9 Å². The molecule has 2 aliphatic rings. The van der Waals surface area contributed by atoms with Gasteiger partial charge in [-0.1, -0.05) is 17.4 Å². The summed E-state index contributed by atoms with van der Waals surface area (Å²) in [5.74, 6) is 3.95. The van der Waals surface area contributed by atoms with Crippen LogP contribution >= 0.6 is 12.2 Å². The number of nitrogens with two attached hydrogens (primary N) is 2. The molecule has 3 aromatic heterocycles. The van der Waals surface area contributed by atoms with Gasteiger partial charge in [0.15, 0.2) is 28.8 Å². The molecule has 0 spiro atoms. The first kappa shape index (κ1) is 47.2. The molecule has 9 N–H and O–H groups in total. The lowest BCUT2D eigenvalue weighted by Gasteiger charge is -2.25. The van der Waals surface area contributed by atoms with E-state index in [-0.39, 0.29) is 11.8 Å². The Kier molecular flexibility index (Phi) is 14.9. The van der Waals surface area contributed by atoms with Crippen LogP contribution in [-0.4, -0.2) is 97.4 Å². The van der Waals surface area contributed by atoms with E-state index in [0.717, 1.165) is 28.4 Å². The van der Waals surface area contributed by atoms with Gasteiger partial charge in [-0.2, -0.15) is 4.98 Å². The predicted molar refractivity (Wildman–Crippen MR) is 252 cm³/mol. The number of carboxylic acids is 1. The normalized spacial score (nSPS) is 12.9. The Morgan fingerprint density at radius 1 is 0.853 bits per heavy atom. The second-order valence-electron chi connectivity index (χ2n) is 14.6. The van der Waals surface area contributed by atoms with Crippen molar-refractivity contribution in [3.8, 4) is 51.8 Å². The number of aromatic nitrogens is 7. The zero-order valence-electron chi connectivity index (χ0n) is 37.0. The standard InChI is InChI=1S/C23H22N8O4.C20H20N4O4S.C2H4O2/c1-33-16-11-14(12-17-19(16)35-10-9-34-17)18(28-15-5-3-13(4-6-15)20(24)25)21-29-23(32)31(30-21)22-26-7-2-8-27-22;1-11-22-20(24-28-11)12-3-5-14(6-4-12)23-17(19(21)29)13-9-15(25-2)18-16(10-13)26-7-8-27-18;1-2(3)4/h2-8,11-12,18,28H,9-10H2,1H3,(H3,24,25)(H,29,30,32);3-6,9-10,17,23H,7-8H2,1-2H3,(H2,21,29);1H3,(H,3,4)/t18-;;/m0../s1. The first-order valence-electron chi connectivity index (χ1n) is 20.6. The Balaban J connectivity index is 0.000000190. The van der Waals surface area contributed by atoms with Crippen molar-refractivity contribution in [1.82, 2.24) is 34.9 Å². The van der Waals surface area contributed by atoms with E-state index in [0.29, 0.717) is 100 Å². The molecule has 7 aromatic rings. The van der Waals surface area contributed by atoms with E-state index in [2.05, 4.69) is 40.8 Å². The molecule has 2 atom stereocenters. The highest BCUT2D eigenvalue weighted by atomic mass is 32.1. The van der Waals surface area contributed by atoms with Crippen molar-refractivity contribution < 1.29 is 42.8 Å². The van der Waals surface area contributed by atoms with E-state index in [1.807, 2.05) is 42.5 Å². The number of fused-ring (bicyclic) bond motifs is 2. The van der Waals surface area contributed by atoms with Gasteiger partial charge in [-0.3, -0.25) is 15.2 Å². The molecule has 0 bridgehead atoms. The number of H-pyrrole nitrogens is 1. The van der Waals surface area contributed by atoms with Crippen LogP contribution < -0.4 is 56.2 Å². The van der Waals surface area contributed by atoms with Crippen molar-refractivity contribution in [1.29, 1.82) is 5.41 Å². The second kappa shape index (κ2) is 21.5. The van der Waals surface area contributed by atoms with Gasteiger partial charge in [0, 0.05) is 48.7 Å². The summed E-state index contributed by atoms with van der Waals surface area (Å²) >= 11 is 5.31. The van der Waals surface area contributed by atoms with Crippen LogP contribution in [0.1, 0.15) is 47.4 Å². The van der Waals surface area contributed by atoms with Crippen molar-refractivity contribution >= 4 is 40.4 Å². The van der Waals surface area contributed by atoms with E-state index in [1.165, 1.54) is 12.4 Å². The Bertz CT molecular complexity index is 2910. The number of nitrogens with one attached hydrogen (secondary N) is 4. The molecule has 2 aliphatic heterocycles. The lowest BCUT2D eigenvalue weighted by atomic mass is 10.0. The second-order valence-corrected chi connectivity index (χ2v) is 15.0. The van der Waals surface area contributed by atoms with Gasteiger partial charge in [0.25, 0.3) is 11.9 Å². The number of rotatable bonds is 13. The number of hydrogen-bond donors (Lipinski definition) is 7. The van der Waals surface area contributed by atoms with Crippen molar-refractivity contribution in [2.24, 2.45) is 11.5 Å². The van der Waals surface area contributed by atoms with Crippen LogP contribution in [0.2, 0.25) is 0 Å². The highest BCUT2D eigenvalue weighted by Gasteiger charge is 2.27. The third kappa shape index (κ3) is 11.4. The fourth-order valence-electron chi connectivity index (χ4n) is 6.77. The maximum absolute atomic E-state index is 12.7. The largest absolute Gasteiger partial charge is 0.493 e. The van der Waals surface area contributed by atoms with Crippen LogP contribution in [0.5, 0.6) is 34.5 Å². The number of methoxy groups -OCH3 is 2. The highest BCUT2D eigenvalue weighted by Crippen LogP contribution is 2.44. The predicted octanol–water partition coefficient (Wildman–Crippen LogP) is 4.97. The molecule has 0 saturated heterocycles. The summed E-state index contributed by atoms with van der Waals surface area (Å²) in [6.45, 7) is 4.61. The Morgan fingerprint density at radius 2 is 1.40 bits per heavy atom. The molecular weight excluding hydrogens is 901 g/mol. The van der Waals surface area contributed by atoms with E-state index >= 15 is 0 Å². The van der Waals surface area contributed by atoms with Crippen molar-refractivity contribution in [2.45, 2.75) is 25.9 Å². The molecule has 23 heteroatoms. The average Bonchev–Trinajstić information content (AvgIpc) is 3.97. The number of ether oxygens (including phenoxy) is 6. The molecule has 0 amide bonds. The number of amidine groups is 1. The zero-order chi connectivity index (χ0) is 48.3. The van der Waals surface area contributed by atoms with Crippen molar-refractivity contribution in [2.75, 3.05) is 51.3 Å². The van der Waals surface area contributed by atoms with Gasteiger partial charge in [-0.25, -0.2) is 14.8 Å². The number of aromatic amines is 1. The monoisotopic (exact) mass is 946 g/mol. The maximum Gasteiger partial charge on any atom is 0.350 e. The molecule has 0 radical (unpaired) electrons. The van der Waals surface area contributed by atoms with Crippen LogP contribution in [0.15, 0.2) is 101 Å². The van der Waals surface area contributed by atoms with Crippen LogP contribution in [0.3, 0.4) is 0 Å². The summed E-state index contributed by atoms with van der Waals surface area (Å²) in [7, 11) is 3.13. The number of carbonyl (C=O) groups is 1. The molecule has 0 saturated carbocycles. The molecule has 0 fully saturated rings. The minimum Gasteiger partial charge on any atom is -0.493 e. The Labute approximate surface area is 393 Å². The summed E-state index contributed by atoms with van der Waals surface area (Å²) in [5, 5.41) is 30.1. The van der Waals surface area contributed by atoms with Gasteiger partial charge in [0.2, 0.25) is 23.2 Å². The SMILES string of the molecule is CC(=O)O.COc1cc(C(Nc2ccc(-c3noc(C)n3)cc2)C(N)=S)cc2c1OCCO2.COc1cc([C@H](Nc2ccc(C(=N)N)cc2)c2nn(-c3ncccn3)c(=O)[nH]2)cc2c1OCCO2. The summed E-state index contributed by atoms with van der Waals surface area (Å²) < 4.78 is 40.0. The number of thiocarbonyl (C=S) groups is 1. The molecule has 4 aromatic carbocycles. The number of hydrogen-bond acceptors (Lipinski definition) is 18. The van der Waals surface area contributed by atoms with Crippen LogP contribution in [0.4, 0.5) is 11.4 Å². The molecule has 352 valence electrons. The average molecular weight is 947 g/mol. The summed E-state index contributed by atoms with van der Waals surface area (Å²) in [6, 6.07) is 22.6. The van der Waals surface area contributed by atoms with Gasteiger partial charge in [-0.15, -0.1) is 9.78 Å². The molecule has 68 heavy (non-hydrogen) atoms. The molecule has 22 nitrogen and oxygen atoms in total. The number of nitrogens with zero attached hydrogens (tertiary/aromatic N) is 6. The van der Waals surface area contributed by atoms with Crippen molar-refractivity contribution in [3.05, 3.63) is 130 Å². The van der Waals surface area contributed by atoms with E-state index in [1.54, 1.807) is 57.5 Å². The number of aliphatic carboxylic acids is 1. The highest BCUT2D eigenvalue weighted by molar-refractivity contribution is 7.80. The van der Waals surface area contributed by atoms with E-state index in [9.17, 15) is 4.79 Å². The van der Waals surface area contributed by atoms with Crippen molar-refractivity contribution in [3.63, 3.8) is 0 Å². The number of carboxylic acid groups (broad SMARTS) is 1. The fourth-order valence-corrected chi connectivity index (χ4v) is 6.96. The lowest BCUT2D eigenvalue weighted by Crippen LogP contribution is -2.26. The molecular formula is C45H46N12O10S. The van der Waals surface area contributed by atoms with Crippen LogP contribution in [0.25, 0.3) is 17.3 Å². The van der Waals surface area contributed by atoms with Crippen LogP contribution in [0, 0.1) is 12.3 Å². The third-order valence-corrected chi connectivity index (χ3v) is 10.0. The topological polar surface area (TPSA) is 308 Å². The maximum atomic E-state index is 12.7. The van der Waals surface area contributed by atoms with Gasteiger partial charge in [0.1, 0.15) is 49.3 Å². The summed E-state index contributed by atoms with van der Waals surface area (Å²) in [5.41, 5.74) is 15.6. The van der Waals surface area contributed by atoms with Gasteiger partial charge in [-0.05, 0) is 90.0 Å². The molecule has 5 heterocycles. The first-order chi connectivity index (χ1) is 32.8. The third-order valence-electron chi connectivity index (χ3n) is 9.79. The smallest absolute Gasteiger partial charge is 0.350 e. The summed E-state index contributed by atoms with van der Waals surface area (Å²) in [4.78, 5) is 37.3. The number of aryl methyl sites for hydroxylation is 1. The van der Waals surface area contributed by atoms with E-state index < -0.39 is 23.7 Å². The quantitative estimate of drug-likeness (QED) is 0.0456. The van der Waals surface area contributed by atoms with Gasteiger partial charge in [0.05, 0.1) is 14.2 Å². The Hall–Kier alpha value is -8.73. The fraction of sp³-hybridized carbons (Fsp3) is 0.222. The minimum atomic E-state index is -0.833. The number of benzene rings is 4. The minimum absolute atomic E-state index is 0.0318. The van der Waals surface area contributed by atoms with Gasteiger partial charge < -0.3 is 60.2 Å². The summed E-state index contributed by atoms with van der Waals surface area (Å²) in [6.07, 6.45) is 3.06. The molecule has 1 unspecified atom stereocenters. The lowest BCUT2D eigenvalue weighted by molar-refractivity contribution is -0.134. The molecule has 0 aliphatic carbocycles. The number of anilines is 2. The van der Waals surface area contributed by atoms with Crippen LogP contribution in [-0.2, 0) is 4.79 Å². The number of nitrogen functional groups attached to an aromatic ring is 1. The van der Waals surface area contributed by atoms with Gasteiger partial charge >= 0.3 is 5.69 Å².